The number of methoxy groups -OCH3 is 1. The van der Waals surface area contributed by atoms with Crippen LogP contribution in [0, 0.1) is 0 Å². The van der Waals surface area contributed by atoms with Crippen molar-refractivity contribution in [1.29, 1.82) is 0 Å². The summed E-state index contributed by atoms with van der Waals surface area (Å²) in [5.41, 5.74) is 0. The van der Waals surface area contributed by atoms with E-state index in [-0.39, 0.29) is 30.1 Å². The first-order chi connectivity index (χ1) is 12.2. The molecule has 26 heavy (non-hydrogen) atoms. The Morgan fingerprint density at radius 1 is 1.38 bits per heavy atom. The molecule has 1 saturated carbocycles. The summed E-state index contributed by atoms with van der Waals surface area (Å²) in [4.78, 5) is 4.65. The zero-order chi connectivity index (χ0) is 17.9. The van der Waals surface area contributed by atoms with Gasteiger partial charge in [-0.25, -0.2) is 0 Å². The van der Waals surface area contributed by atoms with E-state index in [1.54, 1.807) is 13.4 Å². The SMILES string of the molecule is CCc1nncn1CCNC(=NCCCOC)NC1CCC(O)CC1.I. The highest BCUT2D eigenvalue weighted by Gasteiger charge is 2.20. The van der Waals surface area contributed by atoms with Gasteiger partial charge in [0.05, 0.1) is 6.10 Å². The Balaban J connectivity index is 0.00000338. The Hall–Kier alpha value is -0.940. The van der Waals surface area contributed by atoms with Crippen molar-refractivity contribution in [2.45, 2.75) is 64.1 Å². The van der Waals surface area contributed by atoms with Gasteiger partial charge in [-0.1, -0.05) is 6.92 Å². The summed E-state index contributed by atoms with van der Waals surface area (Å²) in [5.74, 6) is 1.83. The molecule has 0 amide bonds. The van der Waals surface area contributed by atoms with Gasteiger partial charge in [0.25, 0.3) is 0 Å². The predicted octanol–water partition coefficient (Wildman–Crippen LogP) is 1.33. The van der Waals surface area contributed by atoms with Crippen LogP contribution in [-0.2, 0) is 17.7 Å². The lowest BCUT2D eigenvalue weighted by Gasteiger charge is -2.27. The Morgan fingerprint density at radius 2 is 2.15 bits per heavy atom. The number of aryl methyl sites for hydroxylation is 1. The van der Waals surface area contributed by atoms with Crippen LogP contribution in [0.15, 0.2) is 11.3 Å². The lowest BCUT2D eigenvalue weighted by Crippen LogP contribution is -2.46. The molecule has 1 aromatic heterocycles. The maximum Gasteiger partial charge on any atom is 0.191 e. The van der Waals surface area contributed by atoms with E-state index >= 15 is 0 Å². The number of aliphatic hydroxyl groups is 1. The van der Waals surface area contributed by atoms with Gasteiger partial charge in [-0.3, -0.25) is 4.99 Å². The molecule has 3 N–H and O–H groups in total. The number of ether oxygens (including phenoxy) is 1. The standard InChI is InChI=1S/C17H32N6O2.HI/c1-3-16-22-20-13-23(16)11-10-19-17(18-9-4-12-25-2)21-14-5-7-15(24)8-6-14;/h13-15,24H,3-12H2,1-2H3,(H2,18,19,21);1H. The van der Waals surface area contributed by atoms with Gasteiger partial charge in [-0.05, 0) is 32.1 Å². The minimum atomic E-state index is -0.144. The summed E-state index contributed by atoms with van der Waals surface area (Å²) in [6.07, 6.45) is 7.07. The zero-order valence-electron chi connectivity index (χ0n) is 15.9. The highest BCUT2D eigenvalue weighted by atomic mass is 127. The van der Waals surface area contributed by atoms with Crippen LogP contribution in [0.1, 0.15) is 44.9 Å². The average Bonchev–Trinajstić information content (AvgIpc) is 3.08. The minimum Gasteiger partial charge on any atom is -0.393 e. The summed E-state index contributed by atoms with van der Waals surface area (Å²) < 4.78 is 7.15. The largest absolute Gasteiger partial charge is 0.393 e. The molecule has 1 heterocycles. The van der Waals surface area contributed by atoms with E-state index in [4.69, 9.17) is 4.74 Å². The van der Waals surface area contributed by atoms with E-state index in [9.17, 15) is 5.11 Å². The summed E-state index contributed by atoms with van der Waals surface area (Å²) in [6, 6.07) is 0.373. The second-order valence-corrected chi connectivity index (χ2v) is 6.45. The Labute approximate surface area is 173 Å². The summed E-state index contributed by atoms with van der Waals surface area (Å²) in [6.45, 7) is 5.09. The molecule has 1 fully saturated rings. The first-order valence-electron chi connectivity index (χ1n) is 9.31. The molecular formula is C17H33IN6O2. The maximum atomic E-state index is 9.66. The van der Waals surface area contributed by atoms with E-state index in [0.29, 0.717) is 12.6 Å². The van der Waals surface area contributed by atoms with Crippen molar-refractivity contribution in [2.75, 3.05) is 26.8 Å². The Morgan fingerprint density at radius 3 is 2.85 bits per heavy atom. The van der Waals surface area contributed by atoms with Crippen LogP contribution in [0.4, 0.5) is 0 Å². The number of guanidine groups is 1. The lowest BCUT2D eigenvalue weighted by atomic mass is 9.93. The third kappa shape index (κ3) is 8.17. The monoisotopic (exact) mass is 480 g/mol. The van der Waals surface area contributed by atoms with E-state index in [2.05, 4.69) is 37.3 Å². The minimum absolute atomic E-state index is 0. The summed E-state index contributed by atoms with van der Waals surface area (Å²) in [5, 5.41) is 24.6. The second kappa shape index (κ2) is 13.3. The molecule has 150 valence electrons. The summed E-state index contributed by atoms with van der Waals surface area (Å²) in [7, 11) is 1.71. The molecule has 1 aliphatic rings. The van der Waals surface area contributed by atoms with Crippen molar-refractivity contribution in [1.82, 2.24) is 25.4 Å². The van der Waals surface area contributed by atoms with Crippen LogP contribution >= 0.6 is 24.0 Å². The molecule has 0 atom stereocenters. The maximum absolute atomic E-state index is 9.66. The van der Waals surface area contributed by atoms with Gasteiger partial charge in [0, 0.05) is 45.8 Å². The number of hydrogen-bond donors (Lipinski definition) is 3. The van der Waals surface area contributed by atoms with Crippen LogP contribution in [0.2, 0.25) is 0 Å². The molecule has 9 heteroatoms. The van der Waals surface area contributed by atoms with Gasteiger partial charge in [0.2, 0.25) is 0 Å². The van der Waals surface area contributed by atoms with E-state index in [1.165, 1.54) is 0 Å². The van der Waals surface area contributed by atoms with Crippen molar-refractivity contribution >= 4 is 29.9 Å². The predicted molar refractivity (Wildman–Crippen MR) is 113 cm³/mol. The molecule has 0 aliphatic heterocycles. The quantitative estimate of drug-likeness (QED) is 0.214. The van der Waals surface area contributed by atoms with Crippen LogP contribution in [0.25, 0.3) is 0 Å². The van der Waals surface area contributed by atoms with E-state index in [1.807, 2.05) is 0 Å². The molecule has 1 aliphatic carbocycles. The number of halogens is 1. The van der Waals surface area contributed by atoms with Gasteiger partial charge in [-0.15, -0.1) is 34.2 Å². The molecule has 8 nitrogen and oxygen atoms in total. The number of hydrogen-bond acceptors (Lipinski definition) is 5. The van der Waals surface area contributed by atoms with Crippen LogP contribution in [-0.4, -0.2) is 64.8 Å². The first-order valence-corrected chi connectivity index (χ1v) is 9.31. The highest BCUT2D eigenvalue weighted by Crippen LogP contribution is 2.18. The topological polar surface area (TPSA) is 96.6 Å². The average molecular weight is 480 g/mol. The van der Waals surface area contributed by atoms with Gasteiger partial charge >= 0.3 is 0 Å². The highest BCUT2D eigenvalue weighted by molar-refractivity contribution is 14.0. The third-order valence-corrected chi connectivity index (χ3v) is 4.47. The molecule has 0 saturated heterocycles. The van der Waals surface area contributed by atoms with Crippen LogP contribution in [0.5, 0.6) is 0 Å². The smallest absolute Gasteiger partial charge is 0.191 e. The number of rotatable bonds is 9. The number of nitrogens with zero attached hydrogens (tertiary/aromatic N) is 4. The number of nitrogens with one attached hydrogen (secondary N) is 2. The van der Waals surface area contributed by atoms with Crippen molar-refractivity contribution in [3.05, 3.63) is 12.2 Å². The fourth-order valence-corrected chi connectivity index (χ4v) is 3.00. The Kier molecular flexibility index (Phi) is 11.8. The van der Waals surface area contributed by atoms with Crippen molar-refractivity contribution in [3.63, 3.8) is 0 Å². The fraction of sp³-hybridized carbons (Fsp3) is 0.824. The number of aromatic nitrogens is 3. The summed E-state index contributed by atoms with van der Waals surface area (Å²) >= 11 is 0. The van der Waals surface area contributed by atoms with Gasteiger partial charge in [-0.2, -0.15) is 0 Å². The Bertz CT molecular complexity index is 517. The van der Waals surface area contributed by atoms with Crippen molar-refractivity contribution in [2.24, 2.45) is 4.99 Å². The molecule has 0 unspecified atom stereocenters. The molecule has 0 spiro atoms. The lowest BCUT2D eigenvalue weighted by molar-refractivity contribution is 0.120. The molecule has 0 bridgehead atoms. The molecular weight excluding hydrogens is 447 g/mol. The first kappa shape index (κ1) is 23.1. The second-order valence-electron chi connectivity index (χ2n) is 6.45. The van der Waals surface area contributed by atoms with E-state index < -0.39 is 0 Å². The van der Waals surface area contributed by atoms with Gasteiger partial charge < -0.3 is 25.0 Å². The fourth-order valence-electron chi connectivity index (χ4n) is 3.00. The van der Waals surface area contributed by atoms with Gasteiger partial charge in [0.1, 0.15) is 12.2 Å². The molecule has 0 radical (unpaired) electrons. The van der Waals surface area contributed by atoms with Crippen molar-refractivity contribution in [3.8, 4) is 0 Å². The van der Waals surface area contributed by atoms with Crippen molar-refractivity contribution < 1.29 is 9.84 Å². The van der Waals surface area contributed by atoms with Crippen LogP contribution < -0.4 is 10.6 Å². The molecule has 0 aromatic carbocycles. The number of aliphatic hydroxyl groups excluding tert-OH is 1. The number of aliphatic imine (C=N–C) groups is 1. The molecule has 1 aromatic rings. The zero-order valence-corrected chi connectivity index (χ0v) is 18.2. The molecule has 2 rings (SSSR count). The van der Waals surface area contributed by atoms with Gasteiger partial charge in [0.15, 0.2) is 5.96 Å². The third-order valence-electron chi connectivity index (χ3n) is 4.47. The van der Waals surface area contributed by atoms with E-state index in [0.717, 1.165) is 69.9 Å². The van der Waals surface area contributed by atoms with Crippen LogP contribution in [0.3, 0.4) is 0 Å². The normalized spacial score (nSPS) is 20.5.